The highest BCUT2D eigenvalue weighted by Gasteiger charge is 2.50. The fourth-order valence-electron chi connectivity index (χ4n) is 4.57. The van der Waals surface area contributed by atoms with Gasteiger partial charge >= 0.3 is 0 Å². The van der Waals surface area contributed by atoms with E-state index in [9.17, 15) is 0 Å². The van der Waals surface area contributed by atoms with Crippen LogP contribution in [-0.2, 0) is 0 Å². The van der Waals surface area contributed by atoms with Crippen LogP contribution in [0.25, 0.3) is 0 Å². The number of hydrogen-bond donors (Lipinski definition) is 2. The first-order valence-corrected chi connectivity index (χ1v) is 6.66. The van der Waals surface area contributed by atoms with Crippen molar-refractivity contribution in [2.45, 2.75) is 38.5 Å². The van der Waals surface area contributed by atoms with Crippen molar-refractivity contribution >= 4 is 23.5 Å². The fourth-order valence-corrected chi connectivity index (χ4v) is 4.62. The van der Waals surface area contributed by atoms with E-state index in [1.807, 2.05) is 0 Å². The summed E-state index contributed by atoms with van der Waals surface area (Å²) in [5.74, 6) is 2.88. The van der Waals surface area contributed by atoms with E-state index in [4.69, 9.17) is 18.0 Å². The SMILES string of the molecule is NC(=S)NN=CC12CC3CC(CC(C3)C1)C2. The lowest BCUT2D eigenvalue weighted by molar-refractivity contribution is -0.00975. The highest BCUT2D eigenvalue weighted by molar-refractivity contribution is 7.80. The molecule has 4 rings (SSSR count). The van der Waals surface area contributed by atoms with Gasteiger partial charge in [-0.05, 0) is 68.5 Å². The number of thiocarbonyl (C=S) groups is 1. The van der Waals surface area contributed by atoms with Crippen LogP contribution in [0.2, 0.25) is 0 Å². The van der Waals surface area contributed by atoms with Gasteiger partial charge in [-0.15, -0.1) is 0 Å². The van der Waals surface area contributed by atoms with E-state index in [0.29, 0.717) is 5.41 Å². The van der Waals surface area contributed by atoms with Gasteiger partial charge < -0.3 is 5.73 Å². The van der Waals surface area contributed by atoms with E-state index in [2.05, 4.69) is 16.7 Å². The summed E-state index contributed by atoms with van der Waals surface area (Å²) in [6.07, 6.45) is 10.5. The van der Waals surface area contributed by atoms with E-state index in [-0.39, 0.29) is 5.11 Å². The Bertz CT molecular complexity index is 302. The van der Waals surface area contributed by atoms with Crippen molar-refractivity contribution in [3.05, 3.63) is 0 Å². The molecule has 0 saturated heterocycles. The van der Waals surface area contributed by atoms with Crippen molar-refractivity contribution < 1.29 is 0 Å². The van der Waals surface area contributed by atoms with Crippen molar-refractivity contribution in [3.63, 3.8) is 0 Å². The largest absolute Gasteiger partial charge is 0.375 e. The Morgan fingerprint density at radius 3 is 2.12 bits per heavy atom. The molecule has 4 bridgehead atoms. The Hall–Kier alpha value is -0.640. The molecule has 0 aromatic heterocycles. The number of hydrazone groups is 1. The van der Waals surface area contributed by atoms with Crippen LogP contribution >= 0.6 is 12.2 Å². The molecule has 4 aliphatic rings. The highest BCUT2D eigenvalue weighted by Crippen LogP contribution is 2.59. The van der Waals surface area contributed by atoms with Crippen LogP contribution in [-0.4, -0.2) is 11.3 Å². The molecule has 0 spiro atoms. The van der Waals surface area contributed by atoms with Gasteiger partial charge in [-0.2, -0.15) is 5.10 Å². The van der Waals surface area contributed by atoms with Crippen LogP contribution in [0.5, 0.6) is 0 Å². The van der Waals surface area contributed by atoms with Crippen molar-refractivity contribution in [2.24, 2.45) is 34.0 Å². The monoisotopic (exact) mass is 237 g/mol. The predicted molar refractivity (Wildman–Crippen MR) is 69.0 cm³/mol. The molecule has 4 aliphatic carbocycles. The summed E-state index contributed by atoms with van der Waals surface area (Å²) in [5.41, 5.74) is 8.44. The number of rotatable bonds is 2. The van der Waals surface area contributed by atoms with Crippen molar-refractivity contribution in [3.8, 4) is 0 Å². The summed E-state index contributed by atoms with van der Waals surface area (Å²) in [7, 11) is 0. The second-order valence-corrected chi connectivity index (χ2v) is 6.45. The van der Waals surface area contributed by atoms with E-state index >= 15 is 0 Å². The van der Waals surface area contributed by atoms with Crippen molar-refractivity contribution in [1.29, 1.82) is 0 Å². The lowest BCUT2D eigenvalue weighted by Crippen LogP contribution is -2.47. The zero-order valence-electron chi connectivity index (χ0n) is 9.48. The lowest BCUT2D eigenvalue weighted by Gasteiger charge is -2.55. The van der Waals surface area contributed by atoms with Gasteiger partial charge in [0.15, 0.2) is 5.11 Å². The molecule has 4 fully saturated rings. The van der Waals surface area contributed by atoms with E-state index < -0.39 is 0 Å². The average Bonchev–Trinajstić information content (AvgIpc) is 2.13. The van der Waals surface area contributed by atoms with E-state index in [1.165, 1.54) is 38.5 Å². The van der Waals surface area contributed by atoms with E-state index in [0.717, 1.165) is 17.8 Å². The topological polar surface area (TPSA) is 50.4 Å². The number of nitrogens with two attached hydrogens (primary N) is 1. The molecule has 0 unspecified atom stereocenters. The first-order valence-electron chi connectivity index (χ1n) is 6.25. The van der Waals surface area contributed by atoms with Gasteiger partial charge in [0.05, 0.1) is 0 Å². The second-order valence-electron chi connectivity index (χ2n) is 6.01. The zero-order valence-corrected chi connectivity index (χ0v) is 10.3. The third-order valence-corrected chi connectivity index (χ3v) is 4.69. The summed E-state index contributed by atoms with van der Waals surface area (Å²) in [6, 6.07) is 0. The Kier molecular flexibility index (Phi) is 2.42. The van der Waals surface area contributed by atoms with Gasteiger partial charge in [0.1, 0.15) is 0 Å². The summed E-state index contributed by atoms with van der Waals surface area (Å²) in [4.78, 5) is 0. The van der Waals surface area contributed by atoms with E-state index in [1.54, 1.807) is 0 Å². The first-order chi connectivity index (χ1) is 7.65. The smallest absolute Gasteiger partial charge is 0.184 e. The van der Waals surface area contributed by atoms with Gasteiger partial charge in [0.2, 0.25) is 0 Å². The molecule has 3 N–H and O–H groups in total. The summed E-state index contributed by atoms with van der Waals surface area (Å²) in [5, 5.41) is 4.48. The predicted octanol–water partition coefficient (Wildman–Crippen LogP) is 2.02. The minimum Gasteiger partial charge on any atom is -0.375 e. The van der Waals surface area contributed by atoms with Gasteiger partial charge in [-0.3, -0.25) is 5.43 Å². The number of nitrogens with zero attached hydrogens (tertiary/aromatic N) is 1. The average molecular weight is 237 g/mol. The highest BCUT2D eigenvalue weighted by atomic mass is 32.1. The Morgan fingerprint density at radius 1 is 1.19 bits per heavy atom. The number of hydrogen-bond acceptors (Lipinski definition) is 2. The minimum absolute atomic E-state index is 0.265. The molecule has 0 amide bonds. The van der Waals surface area contributed by atoms with Crippen LogP contribution in [0, 0.1) is 23.2 Å². The maximum absolute atomic E-state index is 5.38. The zero-order chi connectivity index (χ0) is 11.2. The lowest BCUT2D eigenvalue weighted by atomic mass is 9.50. The van der Waals surface area contributed by atoms with Crippen LogP contribution in [0.15, 0.2) is 5.10 Å². The van der Waals surface area contributed by atoms with Crippen LogP contribution in [0.4, 0.5) is 0 Å². The molecule has 3 nitrogen and oxygen atoms in total. The Morgan fingerprint density at radius 2 is 1.69 bits per heavy atom. The van der Waals surface area contributed by atoms with Crippen molar-refractivity contribution in [1.82, 2.24) is 5.43 Å². The molecule has 16 heavy (non-hydrogen) atoms. The van der Waals surface area contributed by atoms with Gasteiger partial charge in [-0.1, -0.05) is 0 Å². The quantitative estimate of drug-likeness (QED) is 0.439. The van der Waals surface area contributed by atoms with Gasteiger partial charge in [0.25, 0.3) is 0 Å². The van der Waals surface area contributed by atoms with Crippen LogP contribution < -0.4 is 11.2 Å². The number of nitrogens with one attached hydrogen (secondary N) is 1. The minimum atomic E-state index is 0.265. The standard InChI is InChI=1S/C12H19N3S/c13-11(16)15-14-7-12-4-8-1-9(5-12)3-10(2-8)6-12/h7-10H,1-6H2,(H3,13,15,16). The Labute approximate surface area is 102 Å². The maximum atomic E-state index is 5.38. The maximum Gasteiger partial charge on any atom is 0.184 e. The fraction of sp³-hybridized carbons (Fsp3) is 0.833. The molecule has 0 aromatic carbocycles. The normalized spacial score (nSPS) is 45.1. The third-order valence-electron chi connectivity index (χ3n) is 4.60. The molecule has 4 saturated carbocycles. The molecule has 0 heterocycles. The molecule has 88 valence electrons. The summed E-state index contributed by atoms with van der Waals surface area (Å²) < 4.78 is 0. The molecule has 0 aliphatic heterocycles. The molecular weight excluding hydrogens is 218 g/mol. The molecule has 0 radical (unpaired) electrons. The Balaban J connectivity index is 1.73. The second kappa shape index (κ2) is 3.69. The van der Waals surface area contributed by atoms with Gasteiger partial charge in [-0.25, -0.2) is 0 Å². The first kappa shape index (κ1) is 10.5. The van der Waals surface area contributed by atoms with Gasteiger partial charge in [0, 0.05) is 11.6 Å². The summed E-state index contributed by atoms with van der Waals surface area (Å²) >= 11 is 4.76. The molecule has 0 aromatic rings. The van der Waals surface area contributed by atoms with Crippen LogP contribution in [0.3, 0.4) is 0 Å². The van der Waals surface area contributed by atoms with Crippen molar-refractivity contribution in [2.75, 3.05) is 0 Å². The third kappa shape index (κ3) is 1.83. The molecular formula is C12H19N3S. The summed E-state index contributed by atoms with van der Waals surface area (Å²) in [6.45, 7) is 0. The van der Waals surface area contributed by atoms with Crippen LogP contribution in [0.1, 0.15) is 38.5 Å². The molecule has 4 heteroatoms. The molecule has 0 atom stereocenters.